The largest absolute Gasteiger partial charge is 0.508 e. The first-order valence-corrected chi connectivity index (χ1v) is 18.5. The van der Waals surface area contributed by atoms with E-state index < -0.39 is 11.7 Å². The van der Waals surface area contributed by atoms with Gasteiger partial charge in [0, 0.05) is 49.2 Å². The Balaban J connectivity index is 0.00000464. The molecule has 2 bridgehead atoms. The number of piperidine rings is 3. The molecular formula is C40H52BrN4O7+. The Morgan fingerprint density at radius 2 is 1.77 bits per heavy atom. The number of hydrogen-bond acceptors (Lipinski definition) is 8. The topological polar surface area (TPSA) is 149 Å². The molecule has 11 nitrogen and oxygen atoms in total. The maximum absolute atomic E-state index is 13.1. The molecule has 3 atom stereocenters. The monoisotopic (exact) mass is 779 g/mol. The third-order valence-electron chi connectivity index (χ3n) is 11.7. The Labute approximate surface area is 316 Å². The maximum atomic E-state index is 13.1. The number of carbonyl (C=O) groups excluding carboxylic acids is 2. The predicted molar refractivity (Wildman–Crippen MR) is 203 cm³/mol. The lowest BCUT2D eigenvalue weighted by atomic mass is 9.80. The summed E-state index contributed by atoms with van der Waals surface area (Å²) >= 11 is 0. The number of aliphatic hydroxyl groups excluding tert-OH is 1. The van der Waals surface area contributed by atoms with Gasteiger partial charge in [-0.25, -0.2) is 0 Å². The first kappa shape index (κ1) is 38.2. The van der Waals surface area contributed by atoms with Crippen LogP contribution in [0.25, 0.3) is 0 Å². The van der Waals surface area contributed by atoms with Gasteiger partial charge in [-0.3, -0.25) is 9.59 Å². The van der Waals surface area contributed by atoms with Crippen LogP contribution in [-0.2, 0) is 26.5 Å². The number of aliphatic hydroxyl groups is 2. The molecule has 4 fully saturated rings. The number of halogens is 1. The number of carbonyl (C=O) groups is 2. The van der Waals surface area contributed by atoms with Crippen molar-refractivity contribution in [3.8, 4) is 11.5 Å². The second kappa shape index (κ2) is 16.7. The quantitative estimate of drug-likeness (QED) is 0.123. The molecular weight excluding hydrogens is 728 g/mol. The zero-order valence-electron chi connectivity index (χ0n) is 29.6. The summed E-state index contributed by atoms with van der Waals surface area (Å²) in [5, 5.41) is 41.8. The van der Waals surface area contributed by atoms with Gasteiger partial charge in [-0.15, -0.1) is 17.0 Å². The van der Waals surface area contributed by atoms with Gasteiger partial charge in [-0.2, -0.15) is 0 Å². The fourth-order valence-electron chi connectivity index (χ4n) is 8.72. The van der Waals surface area contributed by atoms with E-state index in [1.165, 1.54) is 12.1 Å². The molecule has 280 valence electrons. The highest BCUT2D eigenvalue weighted by molar-refractivity contribution is 8.93. The average molecular weight is 781 g/mol. The van der Waals surface area contributed by atoms with Crippen LogP contribution in [0.4, 0.5) is 11.4 Å². The molecule has 1 saturated carbocycles. The van der Waals surface area contributed by atoms with Crippen molar-refractivity contribution in [1.29, 1.82) is 0 Å². The number of ether oxygens (including phenoxy) is 2. The molecule has 3 saturated heterocycles. The molecule has 0 aromatic heterocycles. The number of nitrogens with zero attached hydrogens (tertiary/aromatic N) is 1. The van der Waals surface area contributed by atoms with Gasteiger partial charge in [0.05, 0.1) is 44.5 Å². The number of benzene rings is 3. The fourth-order valence-corrected chi connectivity index (χ4v) is 8.72. The highest BCUT2D eigenvalue weighted by Gasteiger charge is 2.48. The van der Waals surface area contributed by atoms with E-state index in [9.17, 15) is 24.9 Å². The fraction of sp³-hybridized carbons (Fsp3) is 0.500. The van der Waals surface area contributed by atoms with E-state index in [1.54, 1.807) is 0 Å². The highest BCUT2D eigenvalue weighted by atomic mass is 79.9. The number of quaternary nitrogens is 1. The molecule has 0 spiro atoms. The molecule has 3 aromatic rings. The minimum absolute atomic E-state index is 0. The number of phenolic OH excluding ortho intramolecular Hbond substituents is 1. The van der Waals surface area contributed by atoms with Crippen LogP contribution in [0.3, 0.4) is 0 Å². The summed E-state index contributed by atoms with van der Waals surface area (Å²) in [4.78, 5) is 24.8. The number of rotatable bonds is 14. The van der Waals surface area contributed by atoms with Gasteiger partial charge in [0.1, 0.15) is 29.7 Å². The Bertz CT molecular complexity index is 1680. The van der Waals surface area contributed by atoms with Crippen LogP contribution in [-0.4, -0.2) is 83.7 Å². The maximum Gasteiger partial charge on any atom is 0.262 e. The van der Waals surface area contributed by atoms with Crippen molar-refractivity contribution in [3.05, 3.63) is 83.4 Å². The van der Waals surface area contributed by atoms with Crippen molar-refractivity contribution in [2.45, 2.75) is 69.3 Å². The van der Waals surface area contributed by atoms with E-state index in [-0.39, 0.29) is 59.7 Å². The number of hydrogen-bond donors (Lipinski definition) is 6. The lowest BCUT2D eigenvalue weighted by Gasteiger charge is -2.52. The molecule has 4 aliphatic heterocycles. The van der Waals surface area contributed by atoms with Gasteiger partial charge < -0.3 is 45.2 Å². The van der Waals surface area contributed by atoms with Crippen LogP contribution < -0.4 is 20.7 Å². The van der Waals surface area contributed by atoms with Gasteiger partial charge in [-0.1, -0.05) is 55.3 Å². The summed E-state index contributed by atoms with van der Waals surface area (Å²) in [6.45, 7) is 4.66. The number of phenols is 1. The molecule has 0 radical (unpaired) electrons. The van der Waals surface area contributed by atoms with E-state index in [2.05, 4.69) is 16.0 Å². The third kappa shape index (κ3) is 8.64. The molecule has 6 N–H and O–H groups in total. The predicted octanol–water partition coefficient (Wildman–Crippen LogP) is 5.16. The van der Waals surface area contributed by atoms with E-state index in [0.29, 0.717) is 42.5 Å². The van der Waals surface area contributed by atoms with Crippen LogP contribution in [0.1, 0.15) is 67.7 Å². The Morgan fingerprint density at radius 1 is 1.04 bits per heavy atom. The summed E-state index contributed by atoms with van der Waals surface area (Å²) in [6.07, 6.45) is 6.12. The minimum atomic E-state index is -0.967. The van der Waals surface area contributed by atoms with Crippen LogP contribution in [0, 0.1) is 11.8 Å². The molecule has 3 aromatic carbocycles. The number of nitrogens with one attached hydrogen (secondary N) is 3. The zero-order valence-corrected chi connectivity index (χ0v) is 31.3. The van der Waals surface area contributed by atoms with Gasteiger partial charge in [0.25, 0.3) is 5.91 Å². The van der Waals surface area contributed by atoms with Gasteiger partial charge in [0.2, 0.25) is 5.91 Å². The van der Waals surface area contributed by atoms with Gasteiger partial charge in [-0.05, 0) is 48.1 Å². The van der Waals surface area contributed by atoms with Crippen molar-refractivity contribution in [2.75, 3.05) is 56.6 Å². The van der Waals surface area contributed by atoms with E-state index in [1.807, 2.05) is 54.6 Å². The zero-order chi connectivity index (χ0) is 35.4. The Hall–Kier alpha value is -3.52. The third-order valence-corrected chi connectivity index (χ3v) is 11.7. The smallest absolute Gasteiger partial charge is 0.262 e. The van der Waals surface area contributed by atoms with Crippen LogP contribution in [0.15, 0.2) is 66.7 Å². The summed E-state index contributed by atoms with van der Waals surface area (Å²) in [5.74, 6) is 0.690. The summed E-state index contributed by atoms with van der Waals surface area (Å²) in [5.41, 5.74) is 2.44. The second-order valence-electron chi connectivity index (χ2n) is 15.0. The lowest BCUT2D eigenvalue weighted by molar-refractivity contribution is -0.946. The number of fused-ring (bicyclic) bond motifs is 4. The normalized spacial score (nSPS) is 24.2. The molecule has 5 aliphatic rings. The first-order valence-electron chi connectivity index (χ1n) is 18.5. The van der Waals surface area contributed by atoms with Crippen LogP contribution in [0.5, 0.6) is 11.5 Å². The highest BCUT2D eigenvalue weighted by Crippen LogP contribution is 2.43. The van der Waals surface area contributed by atoms with Crippen molar-refractivity contribution in [3.63, 3.8) is 0 Å². The van der Waals surface area contributed by atoms with E-state index >= 15 is 0 Å². The molecule has 12 heteroatoms. The second-order valence-corrected chi connectivity index (χ2v) is 15.0. The van der Waals surface area contributed by atoms with E-state index in [4.69, 9.17) is 9.47 Å². The van der Waals surface area contributed by atoms with Crippen molar-refractivity contribution in [2.24, 2.45) is 11.8 Å². The standard InChI is InChI=1S/C40H50N4O7.BrH/c45-32-20-33(39-34(21-32)43-38(48)25-50-39)35(46)23-41-22-27-10-12-31(13-11-27)42-37(47)16-19-44-17-14-28(15-18-44)36(24-44)51-26-40(49,30-8-4-5-9-30)29-6-2-1-3-7-29;/h1-3,6-7,10-13,20-21,28,30,35-36,41,46,49H,4-5,8-9,14-19,22-26H2,(H2-,42,43,45,47,48);1H/p+1/t28?,35-,36-,40+,44?;/m0./s1. The summed E-state index contributed by atoms with van der Waals surface area (Å²) < 4.78 is 13.1. The Morgan fingerprint density at radius 3 is 2.50 bits per heavy atom. The molecule has 2 amide bonds. The number of aromatic hydroxyl groups is 1. The molecule has 8 rings (SSSR count). The van der Waals surface area contributed by atoms with Crippen molar-refractivity contribution in [1.82, 2.24) is 5.32 Å². The van der Waals surface area contributed by atoms with E-state index in [0.717, 1.165) is 86.0 Å². The SMILES string of the molecule is Br.O=C(CC[N+]12CCC(CC1)[C@@H](OC[C@@](O)(c1ccccc1)C1CCCC1)C2)Nc1ccc(CNC[C@H](O)c2cc(O)cc3c2OCC(=O)N3)cc1. The molecule has 52 heavy (non-hydrogen) atoms. The summed E-state index contributed by atoms with van der Waals surface area (Å²) in [6, 6.07) is 20.5. The minimum Gasteiger partial charge on any atom is -0.508 e. The van der Waals surface area contributed by atoms with Crippen molar-refractivity contribution < 1.29 is 38.9 Å². The molecule has 0 unspecified atom stereocenters. The number of anilines is 2. The van der Waals surface area contributed by atoms with Gasteiger partial charge >= 0.3 is 0 Å². The van der Waals surface area contributed by atoms with Crippen LogP contribution in [0.2, 0.25) is 0 Å². The van der Waals surface area contributed by atoms with Crippen LogP contribution >= 0.6 is 17.0 Å². The lowest BCUT2D eigenvalue weighted by Crippen LogP contribution is -2.65. The first-order chi connectivity index (χ1) is 24.7. The number of amides is 2. The molecule has 4 heterocycles. The van der Waals surface area contributed by atoms with Crippen molar-refractivity contribution >= 4 is 40.2 Å². The van der Waals surface area contributed by atoms with Gasteiger partial charge in [0.15, 0.2) is 6.61 Å². The Kier molecular flexibility index (Phi) is 12.2. The summed E-state index contributed by atoms with van der Waals surface area (Å²) in [7, 11) is 0. The molecule has 1 aliphatic carbocycles. The average Bonchev–Trinajstić information content (AvgIpc) is 3.70.